The number of nitrogens with zero attached hydrogens (tertiary/aromatic N) is 3. The lowest BCUT2D eigenvalue weighted by atomic mass is 10.1. The van der Waals surface area contributed by atoms with Crippen LogP contribution in [0.15, 0.2) is 24.3 Å². The van der Waals surface area contributed by atoms with Crippen LogP contribution in [-0.2, 0) is 11.3 Å². The summed E-state index contributed by atoms with van der Waals surface area (Å²) < 4.78 is 7.03. The molecule has 0 saturated heterocycles. The number of benzene rings is 1. The van der Waals surface area contributed by atoms with Crippen LogP contribution in [-0.4, -0.2) is 20.7 Å². The maximum atomic E-state index is 12.5. The third kappa shape index (κ3) is 4.36. The van der Waals surface area contributed by atoms with E-state index in [0.717, 1.165) is 12.8 Å². The SMILES string of the molecule is CCCCn1nc(C)c(C(=O)O[C@H](C)c2cccc([N+](=O)[O-])c2)c1Cl. The number of non-ortho nitro benzene ring substituents is 1. The molecule has 0 fully saturated rings. The molecule has 8 heteroatoms. The average molecular weight is 366 g/mol. The fraction of sp³-hybridized carbons (Fsp3) is 0.412. The van der Waals surface area contributed by atoms with Crippen LogP contribution in [0.2, 0.25) is 5.15 Å². The Morgan fingerprint density at radius 2 is 2.20 bits per heavy atom. The van der Waals surface area contributed by atoms with E-state index in [1.54, 1.807) is 30.7 Å². The number of hydrogen-bond acceptors (Lipinski definition) is 5. The van der Waals surface area contributed by atoms with Gasteiger partial charge in [0.25, 0.3) is 5.69 Å². The van der Waals surface area contributed by atoms with Crippen LogP contribution in [0.1, 0.15) is 54.4 Å². The van der Waals surface area contributed by atoms with E-state index in [2.05, 4.69) is 12.0 Å². The van der Waals surface area contributed by atoms with Gasteiger partial charge in [0, 0.05) is 18.7 Å². The lowest BCUT2D eigenvalue weighted by Gasteiger charge is -2.13. The van der Waals surface area contributed by atoms with Crippen molar-refractivity contribution in [2.45, 2.75) is 46.3 Å². The standard InChI is InChI=1S/C17H20ClN3O4/c1-4-5-9-20-16(18)15(11(2)19-20)17(22)25-12(3)13-7-6-8-14(10-13)21(23)24/h6-8,10,12H,4-5,9H2,1-3H3/t12-/m1/s1. The Kier molecular flexibility index (Phi) is 6.14. The van der Waals surface area contributed by atoms with Crippen LogP contribution < -0.4 is 0 Å². The molecule has 0 spiro atoms. The fourth-order valence-corrected chi connectivity index (χ4v) is 2.76. The molecule has 1 aromatic heterocycles. The van der Waals surface area contributed by atoms with Gasteiger partial charge in [0.05, 0.1) is 10.6 Å². The third-order valence-electron chi connectivity index (χ3n) is 3.83. The van der Waals surface area contributed by atoms with Crippen LogP contribution >= 0.6 is 11.6 Å². The number of carbonyl (C=O) groups is 1. The van der Waals surface area contributed by atoms with Crippen LogP contribution in [0.3, 0.4) is 0 Å². The summed E-state index contributed by atoms with van der Waals surface area (Å²) in [5.41, 5.74) is 1.21. The summed E-state index contributed by atoms with van der Waals surface area (Å²) in [7, 11) is 0. The van der Waals surface area contributed by atoms with Crippen molar-refractivity contribution >= 4 is 23.3 Å². The van der Waals surface area contributed by atoms with Crippen molar-refractivity contribution in [3.8, 4) is 0 Å². The first-order valence-electron chi connectivity index (χ1n) is 8.03. The molecular formula is C17H20ClN3O4. The number of carbonyl (C=O) groups excluding carboxylic acids is 1. The van der Waals surface area contributed by atoms with E-state index in [9.17, 15) is 14.9 Å². The highest BCUT2D eigenvalue weighted by Crippen LogP contribution is 2.26. The summed E-state index contributed by atoms with van der Waals surface area (Å²) >= 11 is 6.27. The lowest BCUT2D eigenvalue weighted by Crippen LogP contribution is -2.10. The number of esters is 1. The zero-order valence-electron chi connectivity index (χ0n) is 14.4. The molecule has 2 rings (SSSR count). The van der Waals surface area contributed by atoms with E-state index < -0.39 is 17.0 Å². The van der Waals surface area contributed by atoms with Crippen LogP contribution in [0.5, 0.6) is 0 Å². The Hall–Kier alpha value is -2.41. The number of hydrogen-bond donors (Lipinski definition) is 0. The first-order chi connectivity index (χ1) is 11.8. The van der Waals surface area contributed by atoms with Gasteiger partial charge in [-0.3, -0.25) is 14.8 Å². The molecule has 0 saturated carbocycles. The van der Waals surface area contributed by atoms with E-state index in [-0.39, 0.29) is 16.4 Å². The Balaban J connectivity index is 2.18. The number of nitro groups is 1. The van der Waals surface area contributed by atoms with Crippen molar-refractivity contribution in [2.75, 3.05) is 0 Å². The highest BCUT2D eigenvalue weighted by atomic mass is 35.5. The fourth-order valence-electron chi connectivity index (χ4n) is 2.42. The third-order valence-corrected chi connectivity index (χ3v) is 4.21. The number of aromatic nitrogens is 2. The summed E-state index contributed by atoms with van der Waals surface area (Å²) in [5.74, 6) is -0.593. The number of halogens is 1. The zero-order chi connectivity index (χ0) is 18.6. The zero-order valence-corrected chi connectivity index (χ0v) is 15.1. The molecule has 7 nitrogen and oxygen atoms in total. The van der Waals surface area contributed by atoms with E-state index in [1.807, 2.05) is 0 Å². The second kappa shape index (κ2) is 8.11. The minimum Gasteiger partial charge on any atom is -0.454 e. The molecule has 0 radical (unpaired) electrons. The summed E-state index contributed by atoms with van der Waals surface area (Å²) in [6, 6.07) is 6.00. The molecule has 0 aliphatic carbocycles. The maximum Gasteiger partial charge on any atom is 0.343 e. The predicted octanol–water partition coefficient (Wildman–Crippen LogP) is 4.47. The van der Waals surface area contributed by atoms with Gasteiger partial charge in [-0.1, -0.05) is 37.1 Å². The Morgan fingerprint density at radius 3 is 2.84 bits per heavy atom. The van der Waals surface area contributed by atoms with Crippen molar-refractivity contribution < 1.29 is 14.5 Å². The molecule has 1 aromatic carbocycles. The second-order valence-electron chi connectivity index (χ2n) is 5.73. The van der Waals surface area contributed by atoms with Crippen LogP contribution in [0, 0.1) is 17.0 Å². The summed E-state index contributed by atoms with van der Waals surface area (Å²) in [6.07, 6.45) is 1.24. The molecule has 134 valence electrons. The Labute approximate surface area is 150 Å². The number of unbranched alkanes of at least 4 members (excludes halogenated alkanes) is 1. The quantitative estimate of drug-likeness (QED) is 0.410. The van der Waals surface area contributed by atoms with Gasteiger partial charge in [-0.15, -0.1) is 0 Å². The van der Waals surface area contributed by atoms with Crippen LogP contribution in [0.25, 0.3) is 0 Å². The predicted molar refractivity (Wildman–Crippen MR) is 93.8 cm³/mol. The summed E-state index contributed by atoms with van der Waals surface area (Å²) in [4.78, 5) is 22.9. The topological polar surface area (TPSA) is 87.3 Å². The van der Waals surface area contributed by atoms with E-state index in [1.165, 1.54) is 12.1 Å². The van der Waals surface area contributed by atoms with Gasteiger partial charge in [0.2, 0.25) is 0 Å². The highest BCUT2D eigenvalue weighted by Gasteiger charge is 2.24. The van der Waals surface area contributed by atoms with Gasteiger partial charge in [0.15, 0.2) is 0 Å². The smallest absolute Gasteiger partial charge is 0.343 e. The van der Waals surface area contributed by atoms with E-state index >= 15 is 0 Å². The van der Waals surface area contributed by atoms with Gasteiger partial charge in [-0.2, -0.15) is 5.10 Å². The summed E-state index contributed by atoms with van der Waals surface area (Å²) in [6.45, 7) is 6.04. The van der Waals surface area contributed by atoms with E-state index in [4.69, 9.17) is 16.3 Å². The van der Waals surface area contributed by atoms with Crippen molar-refractivity contribution in [1.82, 2.24) is 9.78 Å². The van der Waals surface area contributed by atoms with Gasteiger partial charge < -0.3 is 4.74 Å². The van der Waals surface area contributed by atoms with Gasteiger partial charge in [-0.05, 0) is 25.8 Å². The Morgan fingerprint density at radius 1 is 1.48 bits per heavy atom. The largest absolute Gasteiger partial charge is 0.454 e. The van der Waals surface area contributed by atoms with Gasteiger partial charge >= 0.3 is 5.97 Å². The van der Waals surface area contributed by atoms with Crippen molar-refractivity contribution in [1.29, 1.82) is 0 Å². The number of ether oxygens (including phenoxy) is 1. The molecule has 0 aliphatic rings. The molecular weight excluding hydrogens is 346 g/mol. The van der Waals surface area contributed by atoms with Gasteiger partial charge in [0.1, 0.15) is 16.8 Å². The summed E-state index contributed by atoms with van der Waals surface area (Å²) in [5, 5.41) is 15.4. The van der Waals surface area contributed by atoms with Crippen molar-refractivity contribution in [3.63, 3.8) is 0 Å². The molecule has 0 amide bonds. The van der Waals surface area contributed by atoms with E-state index in [0.29, 0.717) is 17.8 Å². The molecule has 0 aliphatic heterocycles. The molecule has 1 atom stereocenters. The Bertz CT molecular complexity index is 788. The van der Waals surface area contributed by atoms with Crippen molar-refractivity contribution in [2.24, 2.45) is 0 Å². The molecule has 0 bridgehead atoms. The maximum absolute atomic E-state index is 12.5. The van der Waals surface area contributed by atoms with Crippen LogP contribution in [0.4, 0.5) is 5.69 Å². The first kappa shape index (κ1) is 18.9. The minimum absolute atomic E-state index is 0.0537. The second-order valence-corrected chi connectivity index (χ2v) is 6.09. The monoisotopic (exact) mass is 365 g/mol. The first-order valence-corrected chi connectivity index (χ1v) is 8.41. The average Bonchev–Trinajstić information content (AvgIpc) is 2.86. The molecule has 0 unspecified atom stereocenters. The molecule has 1 heterocycles. The number of rotatable bonds is 7. The lowest BCUT2D eigenvalue weighted by molar-refractivity contribution is -0.385. The highest BCUT2D eigenvalue weighted by molar-refractivity contribution is 6.32. The minimum atomic E-state index is -0.651. The van der Waals surface area contributed by atoms with Gasteiger partial charge in [-0.25, -0.2) is 4.79 Å². The molecule has 2 aromatic rings. The van der Waals surface area contributed by atoms with Crippen molar-refractivity contribution in [3.05, 3.63) is 56.4 Å². The number of aryl methyl sites for hydroxylation is 2. The molecule has 25 heavy (non-hydrogen) atoms. The number of nitro benzene ring substituents is 1. The normalized spacial score (nSPS) is 12.0. The molecule has 0 N–H and O–H groups in total.